The average Bonchev–Trinajstić information content (AvgIpc) is 3.07. The number of carboxylic acids is 1. The lowest BCUT2D eigenvalue weighted by Gasteiger charge is -2.20. The Morgan fingerprint density at radius 3 is 1.90 bits per heavy atom. The van der Waals surface area contributed by atoms with Crippen LogP contribution in [0.15, 0.2) is 116 Å². The molecule has 0 aliphatic heterocycles. The van der Waals surface area contributed by atoms with Gasteiger partial charge in [0, 0.05) is 36.2 Å². The van der Waals surface area contributed by atoms with E-state index in [1.165, 1.54) is 31.2 Å². The molecule has 7 nitrogen and oxygen atoms in total. The summed E-state index contributed by atoms with van der Waals surface area (Å²) >= 11 is 0. The van der Waals surface area contributed by atoms with Crippen LogP contribution in [0.4, 0.5) is 8.78 Å². The van der Waals surface area contributed by atoms with Crippen molar-refractivity contribution in [1.82, 2.24) is 5.32 Å². The Morgan fingerprint density at radius 2 is 1.38 bits per heavy atom. The van der Waals surface area contributed by atoms with Crippen molar-refractivity contribution in [3.8, 4) is 16.9 Å². The van der Waals surface area contributed by atoms with Gasteiger partial charge in [-0.25, -0.2) is 13.6 Å². The van der Waals surface area contributed by atoms with E-state index in [-0.39, 0.29) is 29.0 Å². The van der Waals surface area contributed by atoms with E-state index in [1.54, 1.807) is 0 Å². The van der Waals surface area contributed by atoms with Crippen LogP contribution < -0.4 is 10.1 Å². The lowest BCUT2D eigenvalue weighted by atomic mass is 10.00. The fraction of sp³-hybridized carbons (Fsp3) is 0.293. The maximum atomic E-state index is 14.5. The zero-order chi connectivity index (χ0) is 36.6. The molecule has 2 rings (SSSR count). The van der Waals surface area contributed by atoms with Gasteiger partial charge in [0.25, 0.3) is 0 Å². The van der Waals surface area contributed by atoms with Crippen LogP contribution in [-0.4, -0.2) is 35.7 Å². The molecule has 0 saturated carbocycles. The van der Waals surface area contributed by atoms with Gasteiger partial charge in [0.15, 0.2) is 6.04 Å². The third kappa shape index (κ3) is 16.7. The van der Waals surface area contributed by atoms with Gasteiger partial charge >= 0.3 is 17.9 Å². The highest BCUT2D eigenvalue weighted by Crippen LogP contribution is 2.32. The highest BCUT2D eigenvalue weighted by atomic mass is 19.1. The molecule has 0 radical (unpaired) electrons. The third-order valence-corrected chi connectivity index (χ3v) is 6.97. The normalized spacial score (nSPS) is 12.6. The lowest BCUT2D eigenvalue weighted by molar-refractivity contribution is -0.148. The Kier molecular flexibility index (Phi) is 19.6. The number of halogens is 2. The van der Waals surface area contributed by atoms with E-state index in [9.17, 15) is 28.3 Å². The molecule has 0 aliphatic carbocycles. The summed E-state index contributed by atoms with van der Waals surface area (Å²) in [5.74, 6) is -4.04. The summed E-state index contributed by atoms with van der Waals surface area (Å²) in [5, 5.41) is 12.4. The monoisotopic (exact) mass is 687 g/mol. The molecule has 1 unspecified atom stereocenters. The van der Waals surface area contributed by atoms with Crippen molar-refractivity contribution in [3.63, 3.8) is 0 Å². The Labute approximate surface area is 294 Å². The van der Waals surface area contributed by atoms with Gasteiger partial charge in [0.1, 0.15) is 24.0 Å². The van der Waals surface area contributed by atoms with Crippen molar-refractivity contribution in [2.24, 2.45) is 0 Å². The highest BCUT2D eigenvalue weighted by Gasteiger charge is 2.22. The number of hydrogen-bond donors (Lipinski definition) is 2. The van der Waals surface area contributed by atoms with Gasteiger partial charge < -0.3 is 19.9 Å². The van der Waals surface area contributed by atoms with E-state index in [1.807, 2.05) is 18.2 Å². The Balaban J connectivity index is 1.78. The van der Waals surface area contributed by atoms with Crippen molar-refractivity contribution in [2.45, 2.75) is 71.3 Å². The third-order valence-electron chi connectivity index (χ3n) is 6.97. The minimum absolute atomic E-state index is 0.0204. The summed E-state index contributed by atoms with van der Waals surface area (Å²) in [4.78, 5) is 35.9. The lowest BCUT2D eigenvalue weighted by Crippen LogP contribution is -2.40. The Morgan fingerprint density at radius 1 is 0.820 bits per heavy atom. The van der Waals surface area contributed by atoms with E-state index < -0.39 is 42.2 Å². The number of esters is 2. The molecule has 9 heteroatoms. The van der Waals surface area contributed by atoms with Gasteiger partial charge in [0.2, 0.25) is 0 Å². The SMILES string of the molecule is C=C(NC(COC(=O)CC/C=C\C/C=C\C/C=C\C/C=C\C/C=C\C/C=C\CC)C(=O)O)c1cc(-c2ccc(F)cc2F)ccc1OC(C)=O. The summed E-state index contributed by atoms with van der Waals surface area (Å²) in [7, 11) is 0. The van der Waals surface area contributed by atoms with Gasteiger partial charge in [-0.05, 0) is 74.8 Å². The molecule has 0 aromatic heterocycles. The molecule has 50 heavy (non-hydrogen) atoms. The molecule has 0 aliphatic rings. The highest BCUT2D eigenvalue weighted by molar-refractivity contribution is 5.82. The second kappa shape index (κ2) is 23.9. The second-order valence-corrected chi connectivity index (χ2v) is 11.1. The molecule has 2 aromatic carbocycles. The van der Waals surface area contributed by atoms with Gasteiger partial charge in [-0.2, -0.15) is 0 Å². The van der Waals surface area contributed by atoms with E-state index >= 15 is 0 Å². The first-order chi connectivity index (χ1) is 24.1. The Hall–Kier alpha value is -5.31. The predicted molar refractivity (Wildman–Crippen MR) is 195 cm³/mol. The van der Waals surface area contributed by atoms with Crippen molar-refractivity contribution in [3.05, 3.63) is 133 Å². The zero-order valence-electron chi connectivity index (χ0n) is 28.8. The maximum absolute atomic E-state index is 14.5. The molecule has 266 valence electrons. The molecule has 0 bridgehead atoms. The van der Waals surface area contributed by atoms with Crippen LogP contribution in [0.3, 0.4) is 0 Å². The molecule has 2 N–H and O–H groups in total. The molecule has 0 heterocycles. The number of aliphatic carboxylic acids is 1. The second-order valence-electron chi connectivity index (χ2n) is 11.1. The number of allylic oxidation sites excluding steroid dienone is 12. The molecular formula is C41H47F2NO6. The molecule has 0 saturated heterocycles. The van der Waals surface area contributed by atoms with Gasteiger partial charge in [-0.15, -0.1) is 0 Å². The predicted octanol–water partition coefficient (Wildman–Crippen LogP) is 9.59. The van der Waals surface area contributed by atoms with Crippen molar-refractivity contribution in [2.75, 3.05) is 6.61 Å². The molecule has 0 amide bonds. The van der Waals surface area contributed by atoms with Gasteiger partial charge in [-0.1, -0.05) is 92.5 Å². The quantitative estimate of drug-likeness (QED) is 0.0722. The van der Waals surface area contributed by atoms with Crippen LogP contribution in [0.1, 0.15) is 70.8 Å². The molecular weight excluding hydrogens is 640 g/mol. The smallest absolute Gasteiger partial charge is 0.329 e. The number of rotatable bonds is 22. The van der Waals surface area contributed by atoms with E-state index in [0.717, 1.165) is 50.7 Å². The van der Waals surface area contributed by atoms with Crippen molar-refractivity contribution >= 4 is 23.6 Å². The zero-order valence-corrected chi connectivity index (χ0v) is 28.8. The number of nitrogens with one attached hydrogen (secondary N) is 1. The number of carboxylic acid groups (broad SMARTS) is 1. The topological polar surface area (TPSA) is 102 Å². The average molecular weight is 688 g/mol. The summed E-state index contributed by atoms with van der Waals surface area (Å²) in [6.45, 7) is 6.68. The first-order valence-electron chi connectivity index (χ1n) is 16.6. The van der Waals surface area contributed by atoms with E-state index in [4.69, 9.17) is 9.47 Å². The van der Waals surface area contributed by atoms with Crippen LogP contribution in [0.25, 0.3) is 16.8 Å². The molecule has 0 fully saturated rings. The molecule has 2 aromatic rings. The van der Waals surface area contributed by atoms with Crippen LogP contribution in [-0.2, 0) is 19.1 Å². The van der Waals surface area contributed by atoms with E-state index in [0.29, 0.717) is 12.0 Å². The molecule has 1 atom stereocenters. The summed E-state index contributed by atoms with van der Waals surface area (Å²) < 4.78 is 38.3. The number of carbonyl (C=O) groups is 3. The number of ether oxygens (including phenoxy) is 2. The van der Waals surface area contributed by atoms with Crippen LogP contribution >= 0.6 is 0 Å². The number of hydrogen-bond acceptors (Lipinski definition) is 6. The van der Waals surface area contributed by atoms with Gasteiger partial charge in [0.05, 0.1) is 0 Å². The summed E-state index contributed by atoms with van der Waals surface area (Å²) in [5.41, 5.74) is 0.568. The maximum Gasteiger partial charge on any atom is 0.329 e. The van der Waals surface area contributed by atoms with E-state index in [2.05, 4.69) is 73.5 Å². The standard InChI is InChI=1S/C41H47F2NO6/c1-4-5-6-7-8-9-10-11-12-13-14-15-16-17-18-19-20-21-22-23-40(46)49-30-38(41(47)48)44-31(2)36-28-33(24-27-39(36)50-32(3)45)35-26-25-34(42)29-37(35)43/h5-6,8-9,11-12,14-15,17-18,20-21,24-29,38,44H,2,4,7,10,13,16,19,22-23,30H2,1,3H3,(H,47,48)/b6-5-,9-8-,12-11-,15-14-,18-17-,21-20-. The van der Waals surface area contributed by atoms with Crippen molar-refractivity contribution in [1.29, 1.82) is 0 Å². The minimum atomic E-state index is -1.38. The minimum Gasteiger partial charge on any atom is -0.480 e. The summed E-state index contributed by atoms with van der Waals surface area (Å²) in [6.07, 6.45) is 31.1. The van der Waals surface area contributed by atoms with Crippen LogP contribution in [0.5, 0.6) is 5.75 Å². The van der Waals surface area contributed by atoms with Crippen LogP contribution in [0.2, 0.25) is 0 Å². The summed E-state index contributed by atoms with van der Waals surface area (Å²) in [6, 6.07) is 6.01. The van der Waals surface area contributed by atoms with Gasteiger partial charge in [-0.3, -0.25) is 9.59 Å². The first kappa shape index (κ1) is 40.9. The van der Waals surface area contributed by atoms with Crippen molar-refractivity contribution < 1.29 is 37.7 Å². The fourth-order valence-electron chi connectivity index (χ4n) is 4.45. The Bertz CT molecular complexity index is 1600. The number of benzene rings is 2. The number of carbonyl (C=O) groups excluding carboxylic acids is 2. The van der Waals surface area contributed by atoms with Crippen LogP contribution in [0, 0.1) is 11.6 Å². The first-order valence-corrected chi connectivity index (χ1v) is 16.6. The largest absolute Gasteiger partial charge is 0.480 e. The fourth-order valence-corrected chi connectivity index (χ4v) is 4.45. The molecule has 0 spiro atoms.